The molecule has 0 fully saturated rings. The van der Waals surface area contributed by atoms with Gasteiger partial charge >= 0.3 is 0 Å². The van der Waals surface area contributed by atoms with Gasteiger partial charge in [0.25, 0.3) is 0 Å². The number of aryl methyl sites for hydroxylation is 1. The van der Waals surface area contributed by atoms with Gasteiger partial charge in [0.2, 0.25) is 5.91 Å². The number of amides is 1. The predicted molar refractivity (Wildman–Crippen MR) is 94.7 cm³/mol. The van der Waals surface area contributed by atoms with Crippen LogP contribution in [-0.2, 0) is 11.8 Å². The van der Waals surface area contributed by atoms with Gasteiger partial charge in [0, 0.05) is 29.5 Å². The molecule has 0 saturated carbocycles. The largest absolute Gasteiger partial charge is 0.308 e. The smallest absolute Gasteiger partial charge is 0.235 e. The Morgan fingerprint density at radius 2 is 2.12 bits per heavy atom. The summed E-state index contributed by atoms with van der Waals surface area (Å²) in [6, 6.07) is 7.54. The molecule has 0 spiro atoms. The molecule has 24 heavy (non-hydrogen) atoms. The highest BCUT2D eigenvalue weighted by molar-refractivity contribution is 8.00. The SMILES string of the molecule is Cn1cc([C@H]2SCC(=O)Nc3ncn(-c4ccc(Cl)cc4)c32)cn1. The van der Waals surface area contributed by atoms with Crippen LogP contribution in [0.5, 0.6) is 0 Å². The van der Waals surface area contributed by atoms with Crippen LogP contribution in [0.25, 0.3) is 5.69 Å². The van der Waals surface area contributed by atoms with Crippen LogP contribution in [-0.4, -0.2) is 31.0 Å². The van der Waals surface area contributed by atoms with E-state index in [1.54, 1.807) is 22.8 Å². The fourth-order valence-corrected chi connectivity index (χ4v) is 3.96. The van der Waals surface area contributed by atoms with Gasteiger partial charge in [0.15, 0.2) is 5.82 Å². The molecule has 0 bridgehead atoms. The number of aromatic nitrogens is 4. The minimum absolute atomic E-state index is 0.0363. The van der Waals surface area contributed by atoms with Gasteiger partial charge in [-0.2, -0.15) is 5.10 Å². The summed E-state index contributed by atoms with van der Waals surface area (Å²) in [5.41, 5.74) is 2.91. The first kappa shape index (κ1) is 15.3. The van der Waals surface area contributed by atoms with Gasteiger partial charge in [-0.25, -0.2) is 4.98 Å². The number of nitrogens with one attached hydrogen (secondary N) is 1. The molecule has 1 amide bonds. The maximum absolute atomic E-state index is 12.0. The molecule has 0 saturated heterocycles. The monoisotopic (exact) mass is 359 g/mol. The molecule has 1 aromatic carbocycles. The molecule has 0 unspecified atom stereocenters. The van der Waals surface area contributed by atoms with E-state index in [4.69, 9.17) is 11.6 Å². The minimum atomic E-state index is -0.0472. The van der Waals surface area contributed by atoms with Gasteiger partial charge in [-0.15, -0.1) is 11.8 Å². The lowest BCUT2D eigenvalue weighted by Crippen LogP contribution is -2.12. The summed E-state index contributed by atoms with van der Waals surface area (Å²) >= 11 is 7.56. The maximum atomic E-state index is 12.0. The lowest BCUT2D eigenvalue weighted by molar-refractivity contribution is -0.113. The molecule has 2 aromatic heterocycles. The number of benzene rings is 1. The van der Waals surface area contributed by atoms with Gasteiger partial charge in [-0.05, 0) is 24.3 Å². The molecule has 122 valence electrons. The number of hydrogen-bond acceptors (Lipinski definition) is 4. The fourth-order valence-electron chi connectivity index (χ4n) is 2.75. The second kappa shape index (κ2) is 5.99. The number of fused-ring (bicyclic) bond motifs is 1. The Bertz CT molecular complexity index is 902. The van der Waals surface area contributed by atoms with E-state index in [2.05, 4.69) is 15.4 Å². The van der Waals surface area contributed by atoms with Crippen molar-refractivity contribution in [1.82, 2.24) is 19.3 Å². The average Bonchev–Trinajstić information content (AvgIpc) is 3.12. The van der Waals surface area contributed by atoms with Crippen molar-refractivity contribution in [1.29, 1.82) is 0 Å². The molecule has 1 aliphatic rings. The Kier molecular flexibility index (Phi) is 3.82. The van der Waals surface area contributed by atoms with Gasteiger partial charge in [-0.3, -0.25) is 14.0 Å². The zero-order chi connectivity index (χ0) is 16.7. The van der Waals surface area contributed by atoms with Crippen LogP contribution in [0.1, 0.15) is 16.5 Å². The van der Waals surface area contributed by atoms with Gasteiger partial charge in [-0.1, -0.05) is 11.6 Å². The van der Waals surface area contributed by atoms with E-state index in [1.165, 1.54) is 0 Å². The number of halogens is 1. The summed E-state index contributed by atoms with van der Waals surface area (Å²) in [6.45, 7) is 0. The summed E-state index contributed by atoms with van der Waals surface area (Å²) in [7, 11) is 1.88. The lowest BCUT2D eigenvalue weighted by atomic mass is 10.1. The molecule has 1 N–H and O–H groups in total. The third kappa shape index (κ3) is 2.70. The average molecular weight is 360 g/mol. The molecule has 0 radical (unpaired) electrons. The van der Waals surface area contributed by atoms with Crippen LogP contribution in [0.2, 0.25) is 5.02 Å². The first-order chi connectivity index (χ1) is 11.6. The van der Waals surface area contributed by atoms with Crippen molar-refractivity contribution in [3.8, 4) is 5.69 Å². The first-order valence-electron chi connectivity index (χ1n) is 7.35. The van der Waals surface area contributed by atoms with E-state index in [1.807, 2.05) is 48.3 Å². The second-order valence-corrected chi connectivity index (χ2v) is 7.04. The molecule has 3 heterocycles. The molecule has 0 aliphatic carbocycles. The van der Waals surface area contributed by atoms with E-state index in [9.17, 15) is 4.79 Å². The Morgan fingerprint density at radius 3 is 2.83 bits per heavy atom. The van der Waals surface area contributed by atoms with E-state index in [0.717, 1.165) is 16.9 Å². The van der Waals surface area contributed by atoms with Crippen molar-refractivity contribution in [2.24, 2.45) is 7.05 Å². The quantitative estimate of drug-likeness (QED) is 0.763. The standard InChI is InChI=1S/C16H14ClN5OS/c1-21-7-10(6-19-21)15-14-16(20-13(23)8-24-15)18-9-22(14)12-4-2-11(17)3-5-12/h2-7,9,15H,8H2,1H3,(H,20,23)/t15-/m1/s1. The van der Waals surface area contributed by atoms with Crippen LogP contribution in [0.3, 0.4) is 0 Å². The summed E-state index contributed by atoms with van der Waals surface area (Å²) < 4.78 is 3.75. The Hall–Kier alpha value is -2.25. The fraction of sp³-hybridized carbons (Fsp3) is 0.188. The molecular formula is C16H14ClN5OS. The lowest BCUT2D eigenvalue weighted by Gasteiger charge is -2.16. The summed E-state index contributed by atoms with van der Waals surface area (Å²) in [4.78, 5) is 16.4. The number of nitrogens with zero attached hydrogens (tertiary/aromatic N) is 4. The third-order valence-electron chi connectivity index (χ3n) is 3.82. The van der Waals surface area contributed by atoms with Crippen molar-refractivity contribution >= 4 is 35.1 Å². The number of imidazole rings is 1. The number of thioether (sulfide) groups is 1. The molecule has 8 heteroatoms. The molecule has 1 atom stereocenters. The normalized spacial score (nSPS) is 17.2. The summed E-state index contributed by atoms with van der Waals surface area (Å²) in [5, 5.41) is 7.79. The van der Waals surface area contributed by atoms with Gasteiger partial charge in [0.1, 0.15) is 6.33 Å². The van der Waals surface area contributed by atoms with E-state index in [0.29, 0.717) is 16.6 Å². The molecule has 1 aliphatic heterocycles. The van der Waals surface area contributed by atoms with Crippen molar-refractivity contribution in [2.75, 3.05) is 11.1 Å². The number of carbonyl (C=O) groups is 1. The zero-order valence-electron chi connectivity index (χ0n) is 12.8. The van der Waals surface area contributed by atoms with Crippen LogP contribution in [0.15, 0.2) is 43.0 Å². The van der Waals surface area contributed by atoms with Gasteiger partial charge in [0.05, 0.1) is 22.9 Å². The number of hydrogen-bond donors (Lipinski definition) is 1. The molecular weight excluding hydrogens is 346 g/mol. The maximum Gasteiger partial charge on any atom is 0.235 e. The number of anilines is 1. The van der Waals surface area contributed by atoms with Crippen molar-refractivity contribution in [2.45, 2.75) is 5.25 Å². The van der Waals surface area contributed by atoms with Crippen molar-refractivity contribution in [3.63, 3.8) is 0 Å². The highest BCUT2D eigenvalue weighted by Gasteiger charge is 2.29. The number of carbonyl (C=O) groups excluding carboxylic acids is 1. The number of rotatable bonds is 2. The Morgan fingerprint density at radius 1 is 1.33 bits per heavy atom. The zero-order valence-corrected chi connectivity index (χ0v) is 14.4. The minimum Gasteiger partial charge on any atom is -0.308 e. The van der Waals surface area contributed by atoms with E-state index in [-0.39, 0.29) is 11.2 Å². The third-order valence-corrected chi connectivity index (χ3v) is 5.33. The predicted octanol–water partition coefficient (Wildman–Crippen LogP) is 3.03. The van der Waals surface area contributed by atoms with Gasteiger partial charge < -0.3 is 5.32 Å². The van der Waals surface area contributed by atoms with Crippen LogP contribution >= 0.6 is 23.4 Å². The Labute approximate surface area is 147 Å². The Balaban J connectivity index is 1.87. The van der Waals surface area contributed by atoms with Crippen LogP contribution in [0.4, 0.5) is 5.82 Å². The summed E-state index contributed by atoms with van der Waals surface area (Å²) in [6.07, 6.45) is 5.52. The van der Waals surface area contributed by atoms with Crippen LogP contribution < -0.4 is 5.32 Å². The van der Waals surface area contributed by atoms with Crippen molar-refractivity contribution in [3.05, 3.63) is 59.3 Å². The van der Waals surface area contributed by atoms with E-state index >= 15 is 0 Å². The van der Waals surface area contributed by atoms with E-state index < -0.39 is 0 Å². The highest BCUT2D eigenvalue weighted by atomic mass is 35.5. The summed E-state index contributed by atoms with van der Waals surface area (Å²) in [5.74, 6) is 0.916. The molecule has 6 nitrogen and oxygen atoms in total. The van der Waals surface area contributed by atoms with Crippen molar-refractivity contribution < 1.29 is 4.79 Å². The highest BCUT2D eigenvalue weighted by Crippen LogP contribution is 2.41. The van der Waals surface area contributed by atoms with Crippen LogP contribution in [0, 0.1) is 0 Å². The second-order valence-electron chi connectivity index (χ2n) is 5.51. The molecule has 4 rings (SSSR count). The topological polar surface area (TPSA) is 64.7 Å². The first-order valence-corrected chi connectivity index (χ1v) is 8.77. The molecule has 3 aromatic rings.